The maximum Gasteiger partial charge on any atom is 0.325 e. The number of rotatable bonds is 7. The van der Waals surface area contributed by atoms with Gasteiger partial charge in [-0.2, -0.15) is 0 Å². The molecule has 2 N–H and O–H groups in total. The number of halogens is 2. The van der Waals surface area contributed by atoms with E-state index in [1.165, 1.54) is 25.3 Å². The van der Waals surface area contributed by atoms with Gasteiger partial charge in [0.05, 0.1) is 17.8 Å². The molecule has 142 valence electrons. The van der Waals surface area contributed by atoms with Gasteiger partial charge in [0.1, 0.15) is 12.3 Å². The standard InChI is InChI=1S/C18H16Cl2N2O5/c1-26-13-4-2-3-11(7-13)18(25)21-9-17(24)27-10-16(23)22-15-6-5-12(19)8-14(15)20/h2-8H,9-10H2,1H3,(H,21,25)(H,22,23). The third kappa shape index (κ3) is 6.47. The molecule has 0 unspecified atom stereocenters. The summed E-state index contributed by atoms with van der Waals surface area (Å²) in [5, 5.41) is 5.57. The van der Waals surface area contributed by atoms with E-state index in [1.807, 2.05) is 0 Å². The van der Waals surface area contributed by atoms with Crippen LogP contribution in [0.5, 0.6) is 5.75 Å². The molecule has 0 spiro atoms. The number of esters is 1. The summed E-state index contributed by atoms with van der Waals surface area (Å²) in [5.41, 5.74) is 0.672. The zero-order valence-corrected chi connectivity index (χ0v) is 15.8. The molecule has 2 rings (SSSR count). The van der Waals surface area contributed by atoms with Crippen molar-refractivity contribution in [3.8, 4) is 5.75 Å². The van der Waals surface area contributed by atoms with Gasteiger partial charge in [-0.3, -0.25) is 14.4 Å². The van der Waals surface area contributed by atoms with Gasteiger partial charge in [-0.15, -0.1) is 0 Å². The fourth-order valence-corrected chi connectivity index (χ4v) is 2.45. The third-order valence-electron chi connectivity index (χ3n) is 3.29. The molecule has 9 heteroatoms. The molecule has 0 aliphatic rings. The summed E-state index contributed by atoms with van der Waals surface area (Å²) < 4.78 is 9.84. The van der Waals surface area contributed by atoms with Gasteiger partial charge >= 0.3 is 5.97 Å². The van der Waals surface area contributed by atoms with Crippen molar-refractivity contribution in [2.45, 2.75) is 0 Å². The minimum atomic E-state index is -0.761. The number of ether oxygens (including phenoxy) is 2. The molecule has 27 heavy (non-hydrogen) atoms. The normalized spacial score (nSPS) is 10.0. The number of anilines is 1. The monoisotopic (exact) mass is 410 g/mol. The van der Waals surface area contributed by atoms with Crippen LogP contribution in [0, 0.1) is 0 Å². The lowest BCUT2D eigenvalue weighted by Crippen LogP contribution is -2.32. The van der Waals surface area contributed by atoms with Crippen molar-refractivity contribution in [3.05, 3.63) is 58.1 Å². The topological polar surface area (TPSA) is 93.7 Å². The zero-order valence-electron chi connectivity index (χ0n) is 14.3. The first kappa shape index (κ1) is 20.5. The molecule has 7 nitrogen and oxygen atoms in total. The van der Waals surface area contributed by atoms with Crippen LogP contribution in [0.15, 0.2) is 42.5 Å². The van der Waals surface area contributed by atoms with Gasteiger partial charge in [0.15, 0.2) is 6.61 Å². The van der Waals surface area contributed by atoms with E-state index in [4.69, 9.17) is 32.7 Å². The highest BCUT2D eigenvalue weighted by Crippen LogP contribution is 2.25. The highest BCUT2D eigenvalue weighted by molar-refractivity contribution is 6.36. The molecule has 0 saturated carbocycles. The van der Waals surface area contributed by atoms with E-state index in [0.717, 1.165) is 0 Å². The molecule has 0 radical (unpaired) electrons. The number of carbonyl (C=O) groups is 3. The lowest BCUT2D eigenvalue weighted by molar-refractivity contribution is -0.146. The summed E-state index contributed by atoms with van der Waals surface area (Å²) in [6, 6.07) is 11.0. The Bertz CT molecular complexity index is 857. The van der Waals surface area contributed by atoms with Crippen molar-refractivity contribution in [2.24, 2.45) is 0 Å². The Morgan fingerprint density at radius 3 is 2.56 bits per heavy atom. The summed E-state index contributed by atoms with van der Waals surface area (Å²) in [4.78, 5) is 35.5. The first-order valence-corrected chi connectivity index (χ1v) is 8.47. The van der Waals surface area contributed by atoms with Crippen LogP contribution in [0.2, 0.25) is 10.0 Å². The van der Waals surface area contributed by atoms with Crippen molar-refractivity contribution in [2.75, 3.05) is 25.6 Å². The Labute approximate surface area is 165 Å². The van der Waals surface area contributed by atoms with E-state index in [9.17, 15) is 14.4 Å². The molecule has 2 amide bonds. The molecule has 0 saturated heterocycles. The van der Waals surface area contributed by atoms with Crippen molar-refractivity contribution < 1.29 is 23.9 Å². The Kier molecular flexibility index (Phi) is 7.45. The molecule has 2 aromatic rings. The van der Waals surface area contributed by atoms with Gasteiger partial charge in [-0.05, 0) is 36.4 Å². The molecule has 0 aromatic heterocycles. The molecule has 0 aliphatic heterocycles. The fraction of sp³-hybridized carbons (Fsp3) is 0.167. The minimum absolute atomic E-state index is 0.257. The predicted molar refractivity (Wildman–Crippen MR) is 101 cm³/mol. The smallest absolute Gasteiger partial charge is 0.325 e. The van der Waals surface area contributed by atoms with Crippen molar-refractivity contribution in [1.29, 1.82) is 0 Å². The van der Waals surface area contributed by atoms with Crippen LogP contribution in [-0.2, 0) is 14.3 Å². The lowest BCUT2D eigenvalue weighted by atomic mass is 10.2. The first-order valence-electron chi connectivity index (χ1n) is 7.72. The number of carbonyl (C=O) groups excluding carboxylic acids is 3. The minimum Gasteiger partial charge on any atom is -0.497 e. The average molecular weight is 411 g/mol. The van der Waals surface area contributed by atoms with Crippen LogP contribution in [0.4, 0.5) is 5.69 Å². The van der Waals surface area contributed by atoms with Gasteiger partial charge in [-0.1, -0.05) is 29.3 Å². The number of amides is 2. The largest absolute Gasteiger partial charge is 0.497 e. The summed E-state index contributed by atoms with van der Waals surface area (Å²) >= 11 is 11.7. The van der Waals surface area contributed by atoms with E-state index in [-0.39, 0.29) is 11.6 Å². The predicted octanol–water partition coefficient (Wildman–Crippen LogP) is 2.91. The quantitative estimate of drug-likeness (QED) is 0.684. The van der Waals surface area contributed by atoms with Crippen LogP contribution < -0.4 is 15.4 Å². The Hall–Kier alpha value is -2.77. The molecule has 0 bridgehead atoms. The summed E-state index contributed by atoms with van der Waals surface area (Å²) in [7, 11) is 1.48. The van der Waals surface area contributed by atoms with E-state index in [2.05, 4.69) is 10.6 Å². The average Bonchev–Trinajstić information content (AvgIpc) is 2.66. The Morgan fingerprint density at radius 2 is 1.85 bits per heavy atom. The SMILES string of the molecule is COc1cccc(C(=O)NCC(=O)OCC(=O)Nc2ccc(Cl)cc2Cl)c1. The molecule has 0 fully saturated rings. The van der Waals surface area contributed by atoms with Gasteiger partial charge in [0, 0.05) is 10.6 Å². The maximum atomic E-state index is 12.0. The van der Waals surface area contributed by atoms with Crippen molar-refractivity contribution in [3.63, 3.8) is 0 Å². The number of benzene rings is 2. The molecule has 0 heterocycles. The second-order valence-electron chi connectivity index (χ2n) is 5.25. The second kappa shape index (κ2) is 9.80. The zero-order chi connectivity index (χ0) is 19.8. The first-order chi connectivity index (χ1) is 12.9. The van der Waals surface area contributed by atoms with Gasteiger partial charge in [-0.25, -0.2) is 0 Å². The van der Waals surface area contributed by atoms with Crippen molar-refractivity contribution in [1.82, 2.24) is 5.32 Å². The van der Waals surface area contributed by atoms with Crippen LogP contribution in [-0.4, -0.2) is 38.0 Å². The third-order valence-corrected chi connectivity index (χ3v) is 3.84. The summed E-state index contributed by atoms with van der Waals surface area (Å²) in [5.74, 6) is -1.29. The molecular weight excluding hydrogens is 395 g/mol. The van der Waals surface area contributed by atoms with E-state index >= 15 is 0 Å². The van der Waals surface area contributed by atoms with Gasteiger partial charge in [0.25, 0.3) is 11.8 Å². The second-order valence-corrected chi connectivity index (χ2v) is 6.09. The van der Waals surface area contributed by atoms with E-state index in [0.29, 0.717) is 22.0 Å². The maximum absolute atomic E-state index is 12.0. The van der Waals surface area contributed by atoms with Crippen LogP contribution >= 0.6 is 23.2 Å². The highest BCUT2D eigenvalue weighted by Gasteiger charge is 2.12. The van der Waals surface area contributed by atoms with Crippen LogP contribution in [0.1, 0.15) is 10.4 Å². The lowest BCUT2D eigenvalue weighted by Gasteiger charge is -2.09. The highest BCUT2D eigenvalue weighted by atomic mass is 35.5. The van der Waals surface area contributed by atoms with Crippen LogP contribution in [0.3, 0.4) is 0 Å². The summed E-state index contributed by atoms with van der Waals surface area (Å²) in [6.07, 6.45) is 0. The number of nitrogens with one attached hydrogen (secondary N) is 2. The number of hydrogen-bond donors (Lipinski definition) is 2. The Balaban J connectivity index is 1.76. The molecule has 0 aliphatic carbocycles. The van der Waals surface area contributed by atoms with Gasteiger partial charge in [0.2, 0.25) is 0 Å². The van der Waals surface area contributed by atoms with E-state index in [1.54, 1.807) is 24.3 Å². The van der Waals surface area contributed by atoms with Crippen molar-refractivity contribution >= 4 is 46.7 Å². The number of methoxy groups -OCH3 is 1. The molecule has 0 atom stereocenters. The van der Waals surface area contributed by atoms with Crippen LogP contribution in [0.25, 0.3) is 0 Å². The number of hydrogen-bond acceptors (Lipinski definition) is 5. The molecular formula is C18H16Cl2N2O5. The fourth-order valence-electron chi connectivity index (χ4n) is 1.99. The summed E-state index contributed by atoms with van der Waals surface area (Å²) in [6.45, 7) is -0.905. The molecule has 2 aromatic carbocycles. The van der Waals surface area contributed by atoms with E-state index < -0.39 is 24.4 Å². The Morgan fingerprint density at radius 1 is 1.07 bits per heavy atom. The van der Waals surface area contributed by atoms with Gasteiger partial charge < -0.3 is 20.1 Å².